The van der Waals surface area contributed by atoms with Gasteiger partial charge in [0.1, 0.15) is 0 Å². The number of carbonyl (C=O) groups is 2. The second-order valence-electron chi connectivity index (χ2n) is 6.74. The van der Waals surface area contributed by atoms with Crippen molar-refractivity contribution in [3.8, 4) is 0 Å². The molecule has 7 heteroatoms. The molecule has 0 spiro atoms. The standard InChI is InChI=1S/C21H24ClN3O2S/c1-15(17-4-6-18(22)7-5-17)23-21(27)24-19-8-2-16(3-9-19)14-20(26)25-10-12-28-13-11-25/h2-9,15H,10-14H2,1H3,(H2,23,24,27). The second-order valence-corrected chi connectivity index (χ2v) is 8.40. The molecule has 1 fully saturated rings. The van der Waals surface area contributed by atoms with Gasteiger partial charge in [0, 0.05) is 35.3 Å². The van der Waals surface area contributed by atoms with Crippen LogP contribution in [0.25, 0.3) is 0 Å². The second kappa shape index (κ2) is 9.85. The highest BCUT2D eigenvalue weighted by Gasteiger charge is 2.17. The van der Waals surface area contributed by atoms with Gasteiger partial charge < -0.3 is 15.5 Å². The van der Waals surface area contributed by atoms with Crippen molar-refractivity contribution < 1.29 is 9.59 Å². The molecule has 1 unspecified atom stereocenters. The summed E-state index contributed by atoms with van der Waals surface area (Å²) in [7, 11) is 0. The minimum atomic E-state index is -0.280. The van der Waals surface area contributed by atoms with Gasteiger partial charge in [0.15, 0.2) is 0 Å². The summed E-state index contributed by atoms with van der Waals surface area (Å²) in [4.78, 5) is 26.5. The number of anilines is 1. The first-order valence-corrected chi connectivity index (χ1v) is 10.8. The first kappa shape index (κ1) is 20.6. The number of urea groups is 1. The summed E-state index contributed by atoms with van der Waals surface area (Å²) in [6.07, 6.45) is 0.394. The molecule has 2 aromatic rings. The molecule has 28 heavy (non-hydrogen) atoms. The minimum absolute atomic E-state index is 0.142. The summed E-state index contributed by atoms with van der Waals surface area (Å²) < 4.78 is 0. The molecule has 2 aromatic carbocycles. The van der Waals surface area contributed by atoms with Crippen molar-refractivity contribution in [2.45, 2.75) is 19.4 Å². The molecule has 1 aliphatic heterocycles. The molecule has 0 aromatic heterocycles. The normalized spacial score (nSPS) is 15.0. The molecule has 1 heterocycles. The highest BCUT2D eigenvalue weighted by atomic mass is 35.5. The van der Waals surface area contributed by atoms with Crippen molar-refractivity contribution in [2.24, 2.45) is 0 Å². The summed E-state index contributed by atoms with van der Waals surface area (Å²) >= 11 is 7.78. The molecule has 0 bridgehead atoms. The molecule has 148 valence electrons. The number of rotatable bonds is 5. The molecule has 1 aliphatic rings. The van der Waals surface area contributed by atoms with Gasteiger partial charge >= 0.3 is 6.03 Å². The maximum absolute atomic E-state index is 12.3. The molecule has 3 rings (SSSR count). The van der Waals surface area contributed by atoms with E-state index in [4.69, 9.17) is 11.6 Å². The first-order chi connectivity index (χ1) is 13.5. The molecule has 1 atom stereocenters. The summed E-state index contributed by atoms with van der Waals surface area (Å²) in [5.41, 5.74) is 2.61. The Bertz CT molecular complexity index is 805. The third-order valence-electron chi connectivity index (χ3n) is 4.65. The van der Waals surface area contributed by atoms with E-state index in [2.05, 4.69) is 10.6 Å². The fraction of sp³-hybridized carbons (Fsp3) is 0.333. The van der Waals surface area contributed by atoms with Crippen LogP contribution < -0.4 is 10.6 Å². The Morgan fingerprint density at radius 1 is 1.07 bits per heavy atom. The molecule has 2 N–H and O–H groups in total. The van der Waals surface area contributed by atoms with Crippen LogP contribution in [-0.2, 0) is 11.2 Å². The lowest BCUT2D eigenvalue weighted by atomic mass is 10.1. The predicted molar refractivity (Wildman–Crippen MR) is 116 cm³/mol. The van der Waals surface area contributed by atoms with Gasteiger partial charge in [-0.05, 0) is 42.3 Å². The molecule has 0 aliphatic carbocycles. The third kappa shape index (κ3) is 5.91. The van der Waals surface area contributed by atoms with Crippen molar-refractivity contribution >= 4 is 41.0 Å². The SMILES string of the molecule is CC(NC(=O)Nc1ccc(CC(=O)N2CCSCC2)cc1)c1ccc(Cl)cc1. The Hall–Kier alpha value is -2.18. The minimum Gasteiger partial charge on any atom is -0.341 e. The zero-order valence-corrected chi connectivity index (χ0v) is 17.4. The first-order valence-electron chi connectivity index (χ1n) is 9.29. The number of benzene rings is 2. The van der Waals surface area contributed by atoms with E-state index in [1.54, 1.807) is 12.1 Å². The Morgan fingerprint density at radius 3 is 2.36 bits per heavy atom. The summed E-state index contributed by atoms with van der Waals surface area (Å²) in [5, 5.41) is 6.39. The Labute approximate surface area is 174 Å². The topological polar surface area (TPSA) is 61.4 Å². The summed E-state index contributed by atoms with van der Waals surface area (Å²) in [6, 6.07) is 14.4. The van der Waals surface area contributed by atoms with E-state index in [-0.39, 0.29) is 18.0 Å². The number of nitrogens with one attached hydrogen (secondary N) is 2. The van der Waals surface area contributed by atoms with E-state index in [1.807, 2.05) is 60.0 Å². The van der Waals surface area contributed by atoms with Crippen LogP contribution in [0, 0.1) is 0 Å². The maximum Gasteiger partial charge on any atom is 0.319 e. The van der Waals surface area contributed by atoms with Crippen LogP contribution in [0.15, 0.2) is 48.5 Å². The number of thioether (sulfide) groups is 1. The van der Waals surface area contributed by atoms with Gasteiger partial charge in [0.25, 0.3) is 0 Å². The van der Waals surface area contributed by atoms with Gasteiger partial charge in [-0.2, -0.15) is 11.8 Å². The van der Waals surface area contributed by atoms with Crippen LogP contribution in [-0.4, -0.2) is 41.4 Å². The number of carbonyl (C=O) groups excluding carboxylic acids is 2. The Kier molecular flexibility index (Phi) is 7.23. The predicted octanol–water partition coefficient (Wildman–Crippen LogP) is 4.34. The van der Waals surface area contributed by atoms with E-state index >= 15 is 0 Å². The van der Waals surface area contributed by atoms with Crippen LogP contribution in [0.3, 0.4) is 0 Å². The van der Waals surface area contributed by atoms with Crippen LogP contribution in [0.4, 0.5) is 10.5 Å². The van der Waals surface area contributed by atoms with Crippen LogP contribution in [0.5, 0.6) is 0 Å². The largest absolute Gasteiger partial charge is 0.341 e. The van der Waals surface area contributed by atoms with Crippen molar-refractivity contribution in [3.05, 3.63) is 64.7 Å². The average Bonchev–Trinajstić information content (AvgIpc) is 2.70. The molecule has 0 radical (unpaired) electrons. The van der Waals surface area contributed by atoms with Crippen LogP contribution in [0.1, 0.15) is 24.1 Å². The third-order valence-corrected chi connectivity index (χ3v) is 5.84. The van der Waals surface area contributed by atoms with Crippen LogP contribution in [0.2, 0.25) is 5.02 Å². The lowest BCUT2D eigenvalue weighted by Gasteiger charge is -2.26. The fourth-order valence-corrected chi connectivity index (χ4v) is 4.03. The highest BCUT2D eigenvalue weighted by Crippen LogP contribution is 2.17. The van der Waals surface area contributed by atoms with Gasteiger partial charge in [-0.3, -0.25) is 4.79 Å². The van der Waals surface area contributed by atoms with E-state index in [1.165, 1.54) is 0 Å². The Morgan fingerprint density at radius 2 is 1.71 bits per heavy atom. The molecule has 5 nitrogen and oxygen atoms in total. The smallest absolute Gasteiger partial charge is 0.319 e. The summed E-state index contributed by atoms with van der Waals surface area (Å²) in [5.74, 6) is 2.19. The van der Waals surface area contributed by atoms with Crippen molar-refractivity contribution in [2.75, 3.05) is 29.9 Å². The lowest BCUT2D eigenvalue weighted by Crippen LogP contribution is -2.38. The lowest BCUT2D eigenvalue weighted by molar-refractivity contribution is -0.130. The monoisotopic (exact) mass is 417 g/mol. The van der Waals surface area contributed by atoms with E-state index in [0.29, 0.717) is 17.1 Å². The fourth-order valence-electron chi connectivity index (χ4n) is 3.00. The van der Waals surface area contributed by atoms with Gasteiger partial charge in [-0.1, -0.05) is 35.9 Å². The Balaban J connectivity index is 1.49. The molecule has 0 saturated carbocycles. The van der Waals surface area contributed by atoms with Crippen molar-refractivity contribution in [1.82, 2.24) is 10.2 Å². The van der Waals surface area contributed by atoms with Gasteiger partial charge in [0.05, 0.1) is 12.5 Å². The number of hydrogen-bond donors (Lipinski definition) is 2. The number of hydrogen-bond acceptors (Lipinski definition) is 3. The molecule has 3 amide bonds. The van der Waals surface area contributed by atoms with Crippen molar-refractivity contribution in [1.29, 1.82) is 0 Å². The zero-order valence-electron chi connectivity index (χ0n) is 15.8. The molecular formula is C21H24ClN3O2S. The maximum atomic E-state index is 12.3. The average molecular weight is 418 g/mol. The van der Waals surface area contributed by atoms with E-state index in [0.717, 1.165) is 35.7 Å². The molecule has 1 saturated heterocycles. The number of nitrogens with zero attached hydrogens (tertiary/aromatic N) is 1. The zero-order chi connectivity index (χ0) is 19.9. The van der Waals surface area contributed by atoms with Crippen molar-refractivity contribution in [3.63, 3.8) is 0 Å². The number of halogens is 1. The van der Waals surface area contributed by atoms with E-state index < -0.39 is 0 Å². The summed E-state index contributed by atoms with van der Waals surface area (Å²) in [6.45, 7) is 3.57. The van der Waals surface area contributed by atoms with Gasteiger partial charge in [0.2, 0.25) is 5.91 Å². The van der Waals surface area contributed by atoms with E-state index in [9.17, 15) is 9.59 Å². The van der Waals surface area contributed by atoms with Gasteiger partial charge in [-0.25, -0.2) is 4.79 Å². The quantitative estimate of drug-likeness (QED) is 0.760. The highest BCUT2D eigenvalue weighted by molar-refractivity contribution is 7.99. The van der Waals surface area contributed by atoms with Crippen LogP contribution >= 0.6 is 23.4 Å². The molecular weight excluding hydrogens is 394 g/mol. The number of amides is 3. The van der Waals surface area contributed by atoms with Gasteiger partial charge in [-0.15, -0.1) is 0 Å².